The molecule has 0 unspecified atom stereocenters. The van der Waals surface area contributed by atoms with Crippen LogP contribution in [-0.2, 0) is 30.3 Å². The fourth-order valence-corrected chi connectivity index (χ4v) is 2.56. The van der Waals surface area contributed by atoms with Crippen molar-refractivity contribution in [3.8, 4) is 11.3 Å². The van der Waals surface area contributed by atoms with Crippen LogP contribution in [0.15, 0.2) is 42.6 Å². The molecule has 10 heteroatoms. The number of hydrogen-bond acceptors (Lipinski definition) is 4. The third-order valence-corrected chi connectivity index (χ3v) is 4.32. The summed E-state index contributed by atoms with van der Waals surface area (Å²) < 4.78 is 33.7. The number of rotatable bonds is 5. The summed E-state index contributed by atoms with van der Waals surface area (Å²) in [5, 5.41) is 15.2. The van der Waals surface area contributed by atoms with Gasteiger partial charge >= 0.3 is 12.1 Å². The summed E-state index contributed by atoms with van der Waals surface area (Å²) in [5.41, 5.74) is 4.54. The average Bonchev–Trinajstić information content (AvgIpc) is 3.29. The number of carbonyl (C=O) groups is 1. The van der Waals surface area contributed by atoms with Gasteiger partial charge in [-0.3, -0.25) is 4.68 Å². The van der Waals surface area contributed by atoms with E-state index in [4.69, 9.17) is 9.90 Å². The van der Waals surface area contributed by atoms with Gasteiger partial charge in [0, 0.05) is 36.5 Å². The minimum absolute atomic E-state index is 0.0951. The van der Waals surface area contributed by atoms with Gasteiger partial charge in [-0.1, -0.05) is 51.1 Å². The predicted molar refractivity (Wildman–Crippen MR) is 110 cm³/mol. The fourth-order valence-electron chi connectivity index (χ4n) is 2.56. The molecule has 0 radical (unpaired) electrons. The molecule has 2 aromatic heterocycles. The average molecular weight is 437 g/mol. The number of nitrogens with one attached hydrogen (secondary N) is 2. The number of halogens is 3. The van der Waals surface area contributed by atoms with E-state index in [0.29, 0.717) is 6.54 Å². The Morgan fingerprint density at radius 2 is 1.77 bits per heavy atom. The predicted octanol–water partition coefficient (Wildman–Crippen LogP) is 4.03. The van der Waals surface area contributed by atoms with Gasteiger partial charge in [0.1, 0.15) is 5.82 Å². The lowest BCUT2D eigenvalue weighted by Crippen LogP contribution is -2.21. The SMILES string of the molecule is Cn1nc(-c2ccccc2)cc1CNCc1ncc(C(C)(C)C)[nH]1.O=C(O)C(F)(F)F. The van der Waals surface area contributed by atoms with E-state index in [9.17, 15) is 13.2 Å². The minimum Gasteiger partial charge on any atom is -0.475 e. The van der Waals surface area contributed by atoms with E-state index in [1.54, 1.807) is 0 Å². The maximum Gasteiger partial charge on any atom is 0.490 e. The highest BCUT2D eigenvalue weighted by Crippen LogP contribution is 2.20. The zero-order valence-corrected chi connectivity index (χ0v) is 17.8. The molecule has 168 valence electrons. The Morgan fingerprint density at radius 3 is 2.29 bits per heavy atom. The van der Waals surface area contributed by atoms with Crippen molar-refractivity contribution in [1.82, 2.24) is 25.1 Å². The maximum absolute atomic E-state index is 10.6. The number of aromatic nitrogens is 4. The highest BCUT2D eigenvalue weighted by Gasteiger charge is 2.38. The van der Waals surface area contributed by atoms with Crippen molar-refractivity contribution >= 4 is 5.97 Å². The number of aryl methyl sites for hydroxylation is 1. The number of H-pyrrole nitrogens is 1. The van der Waals surface area contributed by atoms with E-state index in [1.807, 2.05) is 36.1 Å². The van der Waals surface area contributed by atoms with E-state index in [0.717, 1.165) is 35.0 Å². The summed E-state index contributed by atoms with van der Waals surface area (Å²) in [4.78, 5) is 16.7. The first kappa shape index (κ1) is 24.1. The van der Waals surface area contributed by atoms with Crippen LogP contribution in [0.25, 0.3) is 11.3 Å². The molecule has 0 spiro atoms. The molecule has 0 saturated carbocycles. The normalized spacial score (nSPS) is 11.7. The van der Waals surface area contributed by atoms with Crippen LogP contribution in [0.1, 0.15) is 38.0 Å². The Bertz CT molecular complexity index is 989. The molecule has 1 aromatic carbocycles. The van der Waals surface area contributed by atoms with Gasteiger partial charge in [-0.2, -0.15) is 18.3 Å². The number of carboxylic acid groups (broad SMARTS) is 1. The van der Waals surface area contributed by atoms with E-state index < -0.39 is 12.1 Å². The molecule has 0 bridgehead atoms. The van der Waals surface area contributed by atoms with Crippen LogP contribution >= 0.6 is 0 Å². The molecule has 2 heterocycles. The van der Waals surface area contributed by atoms with Gasteiger partial charge in [0.05, 0.1) is 17.9 Å². The summed E-state index contributed by atoms with van der Waals surface area (Å²) in [6.07, 6.45) is -3.16. The van der Waals surface area contributed by atoms with E-state index in [1.165, 1.54) is 0 Å². The number of nitrogens with zero attached hydrogens (tertiary/aromatic N) is 3. The number of hydrogen-bond donors (Lipinski definition) is 3. The quantitative estimate of drug-likeness (QED) is 0.560. The van der Waals surface area contributed by atoms with Gasteiger partial charge in [0.2, 0.25) is 0 Å². The highest BCUT2D eigenvalue weighted by atomic mass is 19.4. The molecule has 0 atom stereocenters. The van der Waals surface area contributed by atoms with Gasteiger partial charge < -0.3 is 15.4 Å². The molecule has 0 aliphatic heterocycles. The van der Waals surface area contributed by atoms with Crippen molar-refractivity contribution < 1.29 is 23.1 Å². The molecule has 0 aliphatic carbocycles. The highest BCUT2D eigenvalue weighted by molar-refractivity contribution is 5.73. The van der Waals surface area contributed by atoms with Crippen LogP contribution in [0, 0.1) is 0 Å². The molecule has 7 nitrogen and oxygen atoms in total. The zero-order chi connectivity index (χ0) is 23.2. The van der Waals surface area contributed by atoms with Gasteiger partial charge in [-0.05, 0) is 6.07 Å². The second-order valence-corrected chi connectivity index (χ2v) is 7.91. The Balaban J connectivity index is 0.000000423. The second-order valence-electron chi connectivity index (χ2n) is 7.91. The molecule has 3 rings (SSSR count). The topological polar surface area (TPSA) is 95.8 Å². The lowest BCUT2D eigenvalue weighted by atomic mass is 9.93. The molecule has 0 fully saturated rings. The molecule has 3 aromatic rings. The molecule has 31 heavy (non-hydrogen) atoms. The fraction of sp³-hybridized carbons (Fsp3) is 0.381. The van der Waals surface area contributed by atoms with Gasteiger partial charge in [-0.25, -0.2) is 9.78 Å². The molecule has 0 amide bonds. The zero-order valence-electron chi connectivity index (χ0n) is 17.8. The molecule has 0 aliphatic rings. The van der Waals surface area contributed by atoms with Gasteiger partial charge in [0.15, 0.2) is 0 Å². The Hall–Kier alpha value is -3.14. The minimum atomic E-state index is -5.08. The first-order valence-electron chi connectivity index (χ1n) is 9.51. The van der Waals surface area contributed by atoms with Crippen molar-refractivity contribution in [3.05, 3.63) is 59.8 Å². The summed E-state index contributed by atoms with van der Waals surface area (Å²) >= 11 is 0. The van der Waals surface area contributed by atoms with E-state index in [2.05, 4.69) is 59.4 Å². The number of alkyl halides is 3. The number of benzene rings is 1. The third-order valence-electron chi connectivity index (χ3n) is 4.32. The molecular weight excluding hydrogens is 411 g/mol. The summed E-state index contributed by atoms with van der Waals surface area (Å²) in [6.45, 7) is 8.00. The molecular formula is C21H26F3N5O2. The number of aliphatic carboxylic acids is 1. The van der Waals surface area contributed by atoms with Crippen LogP contribution in [0.3, 0.4) is 0 Å². The maximum atomic E-state index is 10.6. The first-order valence-corrected chi connectivity index (χ1v) is 9.51. The van der Waals surface area contributed by atoms with Crippen molar-refractivity contribution in [2.24, 2.45) is 7.05 Å². The first-order chi connectivity index (χ1) is 14.4. The van der Waals surface area contributed by atoms with Crippen LogP contribution < -0.4 is 5.32 Å². The van der Waals surface area contributed by atoms with E-state index >= 15 is 0 Å². The monoisotopic (exact) mass is 437 g/mol. The number of aromatic amines is 1. The van der Waals surface area contributed by atoms with Gasteiger partial charge in [0.25, 0.3) is 0 Å². The van der Waals surface area contributed by atoms with Crippen molar-refractivity contribution in [2.75, 3.05) is 0 Å². The molecule has 0 saturated heterocycles. The van der Waals surface area contributed by atoms with E-state index in [-0.39, 0.29) is 5.41 Å². The molecule has 3 N–H and O–H groups in total. The Morgan fingerprint density at radius 1 is 1.16 bits per heavy atom. The number of carboxylic acids is 1. The third kappa shape index (κ3) is 7.25. The number of imidazole rings is 1. The standard InChI is InChI=1S/C19H25N5.C2HF3O2/c1-19(2,3)17-12-21-18(22-17)13-20-11-15-10-16(23-24(15)4)14-8-6-5-7-9-14;3-2(4,5)1(6)7/h5-10,12,20H,11,13H2,1-4H3,(H,21,22);(H,6,7). The smallest absolute Gasteiger partial charge is 0.475 e. The summed E-state index contributed by atoms with van der Waals surface area (Å²) in [7, 11) is 1.98. The van der Waals surface area contributed by atoms with Crippen LogP contribution in [0.5, 0.6) is 0 Å². The largest absolute Gasteiger partial charge is 0.490 e. The summed E-state index contributed by atoms with van der Waals surface area (Å²) in [5.74, 6) is -1.79. The lowest BCUT2D eigenvalue weighted by Gasteiger charge is -2.15. The van der Waals surface area contributed by atoms with Crippen molar-refractivity contribution in [3.63, 3.8) is 0 Å². The van der Waals surface area contributed by atoms with Crippen LogP contribution in [0.4, 0.5) is 13.2 Å². The van der Waals surface area contributed by atoms with Crippen LogP contribution in [-0.4, -0.2) is 37.0 Å². The van der Waals surface area contributed by atoms with Crippen molar-refractivity contribution in [2.45, 2.75) is 45.5 Å². The Labute approximate surface area is 178 Å². The summed E-state index contributed by atoms with van der Waals surface area (Å²) in [6, 6.07) is 12.4. The Kier molecular flexibility index (Phi) is 7.61. The van der Waals surface area contributed by atoms with Crippen molar-refractivity contribution in [1.29, 1.82) is 0 Å². The van der Waals surface area contributed by atoms with Gasteiger partial charge in [-0.15, -0.1) is 0 Å². The van der Waals surface area contributed by atoms with Crippen LogP contribution in [0.2, 0.25) is 0 Å². The lowest BCUT2D eigenvalue weighted by molar-refractivity contribution is -0.192. The second kappa shape index (κ2) is 9.78.